The molecule has 3 heteroatoms. The maximum atomic E-state index is 12.3. The van der Waals surface area contributed by atoms with E-state index in [-0.39, 0.29) is 12.1 Å². The SMILES string of the molecule is Cc1ccccc1-n1c(C)ccc(CN)c1=O. The van der Waals surface area contributed by atoms with Crippen molar-refractivity contribution in [2.24, 2.45) is 5.73 Å². The molecule has 0 aliphatic carbocycles. The van der Waals surface area contributed by atoms with Crippen LogP contribution >= 0.6 is 0 Å². The molecule has 0 fully saturated rings. The minimum absolute atomic E-state index is 0.0261. The maximum Gasteiger partial charge on any atom is 0.259 e. The molecule has 88 valence electrons. The molecule has 2 rings (SSSR count). The zero-order chi connectivity index (χ0) is 12.4. The summed E-state index contributed by atoms with van der Waals surface area (Å²) in [4.78, 5) is 12.3. The minimum atomic E-state index is -0.0261. The zero-order valence-corrected chi connectivity index (χ0v) is 10.1. The first kappa shape index (κ1) is 11.6. The zero-order valence-electron chi connectivity index (χ0n) is 10.1. The van der Waals surface area contributed by atoms with E-state index in [9.17, 15) is 4.79 Å². The predicted octanol–water partition coefficient (Wildman–Crippen LogP) is 1.91. The van der Waals surface area contributed by atoms with Gasteiger partial charge in [-0.25, -0.2) is 0 Å². The molecule has 0 unspecified atom stereocenters. The Kier molecular flexibility index (Phi) is 3.11. The van der Waals surface area contributed by atoms with Gasteiger partial charge in [-0.2, -0.15) is 0 Å². The van der Waals surface area contributed by atoms with Crippen LogP contribution in [-0.4, -0.2) is 4.57 Å². The summed E-state index contributed by atoms with van der Waals surface area (Å²) in [5, 5.41) is 0. The maximum absolute atomic E-state index is 12.3. The Hall–Kier alpha value is -1.87. The van der Waals surface area contributed by atoms with E-state index in [1.54, 1.807) is 10.6 Å². The fourth-order valence-electron chi connectivity index (χ4n) is 1.94. The summed E-state index contributed by atoms with van der Waals surface area (Å²) in [6.07, 6.45) is 0. The Bertz CT molecular complexity index is 599. The van der Waals surface area contributed by atoms with Gasteiger partial charge >= 0.3 is 0 Å². The van der Waals surface area contributed by atoms with Gasteiger partial charge in [-0.15, -0.1) is 0 Å². The highest BCUT2D eigenvalue weighted by atomic mass is 16.1. The molecule has 0 aliphatic heterocycles. The van der Waals surface area contributed by atoms with Crippen molar-refractivity contribution < 1.29 is 0 Å². The summed E-state index contributed by atoms with van der Waals surface area (Å²) in [6.45, 7) is 4.19. The average Bonchev–Trinajstić information content (AvgIpc) is 2.32. The van der Waals surface area contributed by atoms with Crippen LogP contribution in [0.3, 0.4) is 0 Å². The molecule has 0 amide bonds. The number of nitrogens with two attached hydrogens (primary N) is 1. The summed E-state index contributed by atoms with van der Waals surface area (Å²) in [5.41, 5.74) is 9.10. The molecule has 1 aromatic heterocycles. The van der Waals surface area contributed by atoms with Crippen LogP contribution in [0.2, 0.25) is 0 Å². The van der Waals surface area contributed by atoms with E-state index in [0.717, 1.165) is 16.9 Å². The van der Waals surface area contributed by atoms with Crippen LogP contribution < -0.4 is 11.3 Å². The summed E-state index contributed by atoms with van der Waals surface area (Å²) >= 11 is 0. The standard InChI is InChI=1S/C14H16N2O/c1-10-5-3-4-6-13(10)16-11(2)7-8-12(9-15)14(16)17/h3-8H,9,15H2,1-2H3. The number of benzene rings is 1. The van der Waals surface area contributed by atoms with Gasteiger partial charge in [-0.3, -0.25) is 9.36 Å². The average molecular weight is 228 g/mol. The van der Waals surface area contributed by atoms with Crippen molar-refractivity contribution >= 4 is 0 Å². The topological polar surface area (TPSA) is 48.0 Å². The molecule has 3 nitrogen and oxygen atoms in total. The Balaban J connectivity index is 2.76. The van der Waals surface area contributed by atoms with Gasteiger partial charge in [0, 0.05) is 17.8 Å². The van der Waals surface area contributed by atoms with Gasteiger partial charge in [0.1, 0.15) is 0 Å². The second-order valence-corrected chi connectivity index (χ2v) is 4.13. The summed E-state index contributed by atoms with van der Waals surface area (Å²) in [5.74, 6) is 0. The molecule has 0 aliphatic rings. The number of aromatic nitrogens is 1. The van der Waals surface area contributed by atoms with Crippen LogP contribution in [0.15, 0.2) is 41.2 Å². The molecule has 0 saturated heterocycles. The highest BCUT2D eigenvalue weighted by Crippen LogP contribution is 2.13. The van der Waals surface area contributed by atoms with Gasteiger partial charge < -0.3 is 5.73 Å². The van der Waals surface area contributed by atoms with Gasteiger partial charge in [0.15, 0.2) is 0 Å². The van der Waals surface area contributed by atoms with Gasteiger partial charge in [-0.1, -0.05) is 24.3 Å². The molecule has 0 spiro atoms. The highest BCUT2D eigenvalue weighted by Gasteiger charge is 2.08. The van der Waals surface area contributed by atoms with Gasteiger partial charge in [0.05, 0.1) is 5.69 Å². The Morgan fingerprint density at radius 1 is 1.12 bits per heavy atom. The first-order valence-corrected chi connectivity index (χ1v) is 5.62. The molecule has 2 aromatic rings. The molecule has 0 saturated carbocycles. The highest BCUT2D eigenvalue weighted by molar-refractivity contribution is 5.42. The van der Waals surface area contributed by atoms with E-state index in [4.69, 9.17) is 5.73 Å². The molecule has 2 N–H and O–H groups in total. The molecular formula is C14H16N2O. The van der Waals surface area contributed by atoms with E-state index >= 15 is 0 Å². The Morgan fingerprint density at radius 2 is 1.82 bits per heavy atom. The lowest BCUT2D eigenvalue weighted by Crippen LogP contribution is -2.26. The number of pyridine rings is 1. The fourth-order valence-corrected chi connectivity index (χ4v) is 1.94. The van der Waals surface area contributed by atoms with Crippen molar-refractivity contribution in [1.29, 1.82) is 0 Å². The number of aryl methyl sites for hydroxylation is 2. The molecule has 17 heavy (non-hydrogen) atoms. The van der Waals surface area contributed by atoms with Gasteiger partial charge in [0.25, 0.3) is 5.56 Å². The van der Waals surface area contributed by atoms with Crippen molar-refractivity contribution in [2.45, 2.75) is 20.4 Å². The molecule has 1 aromatic carbocycles. The lowest BCUT2D eigenvalue weighted by Gasteiger charge is -2.13. The van der Waals surface area contributed by atoms with Gasteiger partial charge in [-0.05, 0) is 31.5 Å². The molecule has 0 radical (unpaired) electrons. The van der Waals surface area contributed by atoms with Crippen LogP contribution in [0, 0.1) is 13.8 Å². The molecule has 1 heterocycles. The smallest absolute Gasteiger partial charge is 0.259 e. The van der Waals surface area contributed by atoms with E-state index in [1.807, 2.05) is 44.2 Å². The lowest BCUT2D eigenvalue weighted by molar-refractivity contribution is 0.882. The van der Waals surface area contributed by atoms with E-state index in [2.05, 4.69) is 0 Å². The second kappa shape index (κ2) is 4.55. The minimum Gasteiger partial charge on any atom is -0.326 e. The van der Waals surface area contributed by atoms with Crippen molar-refractivity contribution in [3.05, 3.63) is 63.6 Å². The lowest BCUT2D eigenvalue weighted by atomic mass is 10.1. The monoisotopic (exact) mass is 228 g/mol. The van der Waals surface area contributed by atoms with Crippen molar-refractivity contribution in [3.8, 4) is 5.69 Å². The van der Waals surface area contributed by atoms with E-state index in [1.165, 1.54) is 0 Å². The first-order valence-electron chi connectivity index (χ1n) is 5.62. The van der Waals surface area contributed by atoms with E-state index in [0.29, 0.717) is 5.56 Å². The van der Waals surface area contributed by atoms with Gasteiger partial charge in [0.2, 0.25) is 0 Å². The molecular weight excluding hydrogens is 212 g/mol. The second-order valence-electron chi connectivity index (χ2n) is 4.13. The number of hydrogen-bond donors (Lipinski definition) is 1. The fraction of sp³-hybridized carbons (Fsp3) is 0.214. The van der Waals surface area contributed by atoms with Crippen molar-refractivity contribution in [2.75, 3.05) is 0 Å². The van der Waals surface area contributed by atoms with Crippen LogP contribution in [-0.2, 0) is 6.54 Å². The number of rotatable bonds is 2. The third-order valence-corrected chi connectivity index (χ3v) is 2.93. The first-order chi connectivity index (χ1) is 8.15. The van der Waals surface area contributed by atoms with Crippen LogP contribution in [0.25, 0.3) is 5.69 Å². The van der Waals surface area contributed by atoms with E-state index < -0.39 is 0 Å². The normalized spacial score (nSPS) is 10.5. The molecule has 0 atom stereocenters. The third kappa shape index (κ3) is 2.01. The predicted molar refractivity (Wildman–Crippen MR) is 69.4 cm³/mol. The quantitative estimate of drug-likeness (QED) is 0.853. The Morgan fingerprint density at radius 3 is 2.47 bits per heavy atom. The molecule has 0 bridgehead atoms. The largest absolute Gasteiger partial charge is 0.326 e. The number of para-hydroxylation sites is 1. The number of nitrogens with zero attached hydrogens (tertiary/aromatic N) is 1. The third-order valence-electron chi connectivity index (χ3n) is 2.93. The Labute approximate surface area is 101 Å². The van der Waals surface area contributed by atoms with Crippen molar-refractivity contribution in [1.82, 2.24) is 4.57 Å². The van der Waals surface area contributed by atoms with Crippen LogP contribution in [0.4, 0.5) is 0 Å². The summed E-state index contributed by atoms with van der Waals surface area (Å²) in [7, 11) is 0. The van der Waals surface area contributed by atoms with Crippen molar-refractivity contribution in [3.63, 3.8) is 0 Å². The summed E-state index contributed by atoms with van der Waals surface area (Å²) < 4.78 is 1.72. The summed E-state index contributed by atoms with van der Waals surface area (Å²) in [6, 6.07) is 11.6. The van der Waals surface area contributed by atoms with Crippen LogP contribution in [0.5, 0.6) is 0 Å². The number of hydrogen-bond acceptors (Lipinski definition) is 2. The van der Waals surface area contributed by atoms with Crippen LogP contribution in [0.1, 0.15) is 16.8 Å².